The van der Waals surface area contributed by atoms with Crippen molar-refractivity contribution in [2.75, 3.05) is 20.8 Å². The summed E-state index contributed by atoms with van der Waals surface area (Å²) in [5.74, 6) is 0.343. The van der Waals surface area contributed by atoms with Crippen molar-refractivity contribution in [2.45, 2.75) is 45.7 Å². The predicted molar refractivity (Wildman–Crippen MR) is 118 cm³/mol. The van der Waals surface area contributed by atoms with Gasteiger partial charge in [-0.2, -0.15) is 0 Å². The molecule has 1 aromatic carbocycles. The first kappa shape index (κ1) is 22.5. The minimum atomic E-state index is -0.557. The normalized spacial score (nSPS) is 14.4. The molecule has 1 aliphatic rings. The number of methoxy groups -OCH3 is 2. The molecule has 0 aliphatic heterocycles. The van der Waals surface area contributed by atoms with Crippen molar-refractivity contribution in [1.82, 2.24) is 9.88 Å². The highest BCUT2D eigenvalue weighted by Gasteiger charge is 2.26. The van der Waals surface area contributed by atoms with Crippen LogP contribution >= 0.6 is 0 Å². The Balaban J connectivity index is 1.53. The molecule has 1 heterocycles. The molecular weight excluding hydrogens is 396 g/mol. The van der Waals surface area contributed by atoms with Gasteiger partial charge in [0.2, 0.25) is 0 Å². The molecular formula is C24H30N2O5. The summed E-state index contributed by atoms with van der Waals surface area (Å²) >= 11 is 0. The maximum absolute atomic E-state index is 12.3. The molecule has 0 radical (unpaired) electrons. The van der Waals surface area contributed by atoms with Crippen molar-refractivity contribution in [1.29, 1.82) is 0 Å². The lowest BCUT2D eigenvalue weighted by Gasteiger charge is -2.18. The zero-order valence-corrected chi connectivity index (χ0v) is 18.7. The van der Waals surface area contributed by atoms with Gasteiger partial charge in [-0.1, -0.05) is 0 Å². The molecule has 1 saturated carbocycles. The molecule has 1 amide bonds. The third-order valence-corrected chi connectivity index (χ3v) is 5.46. The lowest BCUT2D eigenvalue weighted by molar-refractivity contribution is -0.144. The van der Waals surface area contributed by atoms with Gasteiger partial charge in [-0.05, 0) is 69.5 Å². The number of nitrogens with zero attached hydrogens (tertiary/aromatic N) is 1. The number of amides is 1. The van der Waals surface area contributed by atoms with Crippen LogP contribution in [0.2, 0.25) is 0 Å². The fourth-order valence-electron chi connectivity index (χ4n) is 3.75. The second-order valence-electron chi connectivity index (χ2n) is 7.77. The van der Waals surface area contributed by atoms with E-state index >= 15 is 0 Å². The van der Waals surface area contributed by atoms with Gasteiger partial charge in [-0.15, -0.1) is 0 Å². The van der Waals surface area contributed by atoms with Crippen LogP contribution in [-0.2, 0) is 14.3 Å². The van der Waals surface area contributed by atoms with Crippen LogP contribution in [0.3, 0.4) is 0 Å². The monoisotopic (exact) mass is 426 g/mol. The van der Waals surface area contributed by atoms with Crippen LogP contribution in [0.25, 0.3) is 6.08 Å². The third-order valence-electron chi connectivity index (χ3n) is 5.46. The Morgan fingerprint density at radius 1 is 1.19 bits per heavy atom. The Labute approximate surface area is 183 Å². The lowest BCUT2D eigenvalue weighted by Crippen LogP contribution is -2.31. The van der Waals surface area contributed by atoms with Crippen LogP contribution in [0.15, 0.2) is 30.3 Å². The van der Waals surface area contributed by atoms with Crippen molar-refractivity contribution in [3.63, 3.8) is 0 Å². The second-order valence-corrected chi connectivity index (χ2v) is 7.77. The molecule has 1 aliphatic carbocycles. The van der Waals surface area contributed by atoms with E-state index in [1.54, 1.807) is 38.5 Å². The highest BCUT2D eigenvalue weighted by Crippen LogP contribution is 2.38. The molecule has 1 N–H and O–H groups in total. The van der Waals surface area contributed by atoms with Gasteiger partial charge in [0.05, 0.1) is 20.3 Å². The van der Waals surface area contributed by atoms with Crippen LogP contribution in [0.1, 0.15) is 54.4 Å². The molecule has 2 aromatic rings. The van der Waals surface area contributed by atoms with E-state index in [9.17, 15) is 9.59 Å². The molecule has 0 unspecified atom stereocenters. The summed E-state index contributed by atoms with van der Waals surface area (Å²) in [7, 11) is 3.14. The zero-order valence-electron chi connectivity index (χ0n) is 18.7. The average molecular weight is 427 g/mol. The first-order valence-electron chi connectivity index (χ1n) is 10.4. The van der Waals surface area contributed by atoms with Gasteiger partial charge in [0.25, 0.3) is 5.91 Å². The summed E-state index contributed by atoms with van der Waals surface area (Å²) in [5.41, 5.74) is 4.09. The molecule has 7 heteroatoms. The fraction of sp³-hybridized carbons (Fsp3) is 0.417. The number of carbonyl (C=O) groups is 2. The van der Waals surface area contributed by atoms with Gasteiger partial charge in [0, 0.05) is 29.1 Å². The van der Waals surface area contributed by atoms with Crippen molar-refractivity contribution in [3.05, 3.63) is 52.9 Å². The number of benzene rings is 1. The number of aryl methyl sites for hydroxylation is 1. The molecule has 7 nitrogen and oxygen atoms in total. The summed E-state index contributed by atoms with van der Waals surface area (Å²) in [5, 5.41) is 2.81. The molecule has 31 heavy (non-hydrogen) atoms. The average Bonchev–Trinajstić information content (AvgIpc) is 3.55. The van der Waals surface area contributed by atoms with E-state index in [0.29, 0.717) is 17.5 Å². The van der Waals surface area contributed by atoms with Crippen LogP contribution in [-0.4, -0.2) is 37.3 Å². The lowest BCUT2D eigenvalue weighted by atomic mass is 10.1. The van der Waals surface area contributed by atoms with Gasteiger partial charge >= 0.3 is 5.97 Å². The van der Waals surface area contributed by atoms with Crippen molar-refractivity contribution in [3.8, 4) is 11.5 Å². The first-order valence-corrected chi connectivity index (χ1v) is 10.4. The Bertz CT molecular complexity index is 988. The fourth-order valence-corrected chi connectivity index (χ4v) is 3.75. The SMILES string of the molecule is COc1ccc(OC)c([C@@H](C)NC(=O)COC(=O)/C=C/c2cc(C)n(C3CC3)c2C)c1. The van der Waals surface area contributed by atoms with E-state index in [2.05, 4.69) is 29.8 Å². The topological polar surface area (TPSA) is 78.8 Å². The molecule has 1 aromatic heterocycles. The van der Waals surface area contributed by atoms with E-state index in [1.807, 2.05) is 6.92 Å². The minimum absolute atomic E-state index is 0.348. The van der Waals surface area contributed by atoms with Crippen LogP contribution in [0, 0.1) is 13.8 Å². The quantitative estimate of drug-likeness (QED) is 0.486. The number of hydrogen-bond donors (Lipinski definition) is 1. The van der Waals surface area contributed by atoms with Gasteiger partial charge in [0.15, 0.2) is 6.61 Å². The number of hydrogen-bond acceptors (Lipinski definition) is 5. The number of esters is 1. The van der Waals surface area contributed by atoms with Crippen molar-refractivity contribution < 1.29 is 23.8 Å². The summed E-state index contributed by atoms with van der Waals surface area (Å²) in [4.78, 5) is 24.3. The molecule has 0 saturated heterocycles. The molecule has 0 bridgehead atoms. The standard InChI is InChI=1S/C24H30N2O5/c1-15-12-18(17(3)26(15)19-7-8-19)6-11-24(28)31-14-23(27)25-16(2)21-13-20(29-4)9-10-22(21)30-5/h6,9-13,16,19H,7-8,14H2,1-5H3,(H,25,27)/b11-6+/t16-/m1/s1. The Kier molecular flexibility index (Phi) is 7.05. The number of aromatic nitrogens is 1. The van der Waals surface area contributed by atoms with E-state index in [4.69, 9.17) is 14.2 Å². The molecule has 0 spiro atoms. The third kappa shape index (κ3) is 5.48. The maximum atomic E-state index is 12.3. The van der Waals surface area contributed by atoms with Gasteiger partial charge < -0.3 is 24.1 Å². The predicted octanol–water partition coefficient (Wildman–Crippen LogP) is 3.89. The Morgan fingerprint density at radius 2 is 1.94 bits per heavy atom. The molecule has 1 atom stereocenters. The number of rotatable bonds is 9. The highest BCUT2D eigenvalue weighted by molar-refractivity contribution is 5.89. The smallest absolute Gasteiger partial charge is 0.331 e. The number of nitrogens with one attached hydrogen (secondary N) is 1. The first-order chi connectivity index (χ1) is 14.8. The zero-order chi connectivity index (χ0) is 22.5. The van der Waals surface area contributed by atoms with Crippen LogP contribution in [0.4, 0.5) is 0 Å². The van der Waals surface area contributed by atoms with Crippen molar-refractivity contribution in [2.24, 2.45) is 0 Å². The minimum Gasteiger partial charge on any atom is -0.497 e. The largest absolute Gasteiger partial charge is 0.497 e. The van der Waals surface area contributed by atoms with Gasteiger partial charge in [0.1, 0.15) is 11.5 Å². The van der Waals surface area contributed by atoms with Crippen LogP contribution < -0.4 is 14.8 Å². The highest BCUT2D eigenvalue weighted by atomic mass is 16.5. The summed E-state index contributed by atoms with van der Waals surface area (Å²) in [6.45, 7) is 5.59. The molecule has 166 valence electrons. The Morgan fingerprint density at radius 3 is 2.58 bits per heavy atom. The van der Waals surface area contributed by atoms with E-state index in [1.165, 1.54) is 24.6 Å². The summed E-state index contributed by atoms with van der Waals surface area (Å²) < 4.78 is 18.0. The van der Waals surface area contributed by atoms with Crippen molar-refractivity contribution >= 4 is 18.0 Å². The van der Waals surface area contributed by atoms with E-state index < -0.39 is 11.9 Å². The summed E-state index contributed by atoms with van der Waals surface area (Å²) in [6.07, 6.45) is 5.51. The van der Waals surface area contributed by atoms with E-state index in [-0.39, 0.29) is 12.6 Å². The molecule has 1 fully saturated rings. The van der Waals surface area contributed by atoms with Crippen LogP contribution in [0.5, 0.6) is 11.5 Å². The summed E-state index contributed by atoms with van der Waals surface area (Å²) in [6, 6.07) is 7.67. The van der Waals surface area contributed by atoms with Gasteiger partial charge in [-0.3, -0.25) is 4.79 Å². The molecule has 3 rings (SSSR count). The Hall–Kier alpha value is -3.22. The second kappa shape index (κ2) is 9.73. The number of carbonyl (C=O) groups excluding carboxylic acids is 2. The van der Waals surface area contributed by atoms with E-state index in [0.717, 1.165) is 16.8 Å². The van der Waals surface area contributed by atoms with Gasteiger partial charge in [-0.25, -0.2) is 4.79 Å². The maximum Gasteiger partial charge on any atom is 0.331 e. The number of ether oxygens (including phenoxy) is 3.